The van der Waals surface area contributed by atoms with E-state index < -0.39 is 0 Å². The molecule has 0 bridgehead atoms. The highest BCUT2D eigenvalue weighted by Gasteiger charge is 2.26. The third-order valence-corrected chi connectivity index (χ3v) is 5.77. The van der Waals surface area contributed by atoms with Gasteiger partial charge < -0.3 is 19.9 Å². The number of benzene rings is 2. The molecule has 3 aromatic rings. The number of ether oxygens (including phenoxy) is 1. The van der Waals surface area contributed by atoms with E-state index in [1.165, 1.54) is 6.42 Å². The Bertz CT molecular complexity index is 1070. The molecule has 6 nitrogen and oxygen atoms in total. The predicted octanol–water partition coefficient (Wildman–Crippen LogP) is 4.90. The van der Waals surface area contributed by atoms with Gasteiger partial charge in [-0.15, -0.1) is 0 Å². The van der Waals surface area contributed by atoms with Crippen LogP contribution in [0.3, 0.4) is 0 Å². The first-order valence-electron chi connectivity index (χ1n) is 10.5. The van der Waals surface area contributed by atoms with E-state index in [9.17, 15) is 9.59 Å². The fourth-order valence-electron chi connectivity index (χ4n) is 4.13. The summed E-state index contributed by atoms with van der Waals surface area (Å²) < 4.78 is 5.24. The van der Waals surface area contributed by atoms with E-state index in [2.05, 4.69) is 10.3 Å². The van der Waals surface area contributed by atoms with Gasteiger partial charge in [0.2, 0.25) is 0 Å². The Balaban J connectivity index is 1.63. The molecule has 1 aromatic heterocycles. The van der Waals surface area contributed by atoms with E-state index >= 15 is 0 Å². The lowest BCUT2D eigenvalue weighted by atomic mass is 9.94. The first-order valence-corrected chi connectivity index (χ1v) is 10.5. The van der Waals surface area contributed by atoms with Crippen molar-refractivity contribution in [3.05, 3.63) is 70.5 Å². The lowest BCUT2D eigenvalue weighted by Crippen LogP contribution is -2.44. The maximum absolute atomic E-state index is 13.2. The first-order chi connectivity index (χ1) is 14.6. The second-order valence-electron chi connectivity index (χ2n) is 7.79. The number of hydrogen-bond acceptors (Lipinski definition) is 3. The van der Waals surface area contributed by atoms with Crippen LogP contribution in [0.2, 0.25) is 0 Å². The van der Waals surface area contributed by atoms with E-state index in [4.69, 9.17) is 4.74 Å². The van der Waals surface area contributed by atoms with Crippen molar-refractivity contribution in [3.8, 4) is 5.75 Å². The van der Waals surface area contributed by atoms with Gasteiger partial charge in [0.15, 0.2) is 0 Å². The lowest BCUT2D eigenvalue weighted by molar-refractivity contribution is 0.162. The molecular weight excluding hydrogens is 378 g/mol. The highest BCUT2D eigenvalue weighted by molar-refractivity contribution is 5.89. The van der Waals surface area contributed by atoms with Gasteiger partial charge in [-0.25, -0.2) is 4.79 Å². The quantitative estimate of drug-likeness (QED) is 0.634. The molecule has 1 aliphatic carbocycles. The van der Waals surface area contributed by atoms with E-state index in [-0.39, 0.29) is 24.2 Å². The average molecular weight is 405 g/mol. The van der Waals surface area contributed by atoms with Crippen LogP contribution in [0.4, 0.5) is 10.5 Å². The van der Waals surface area contributed by atoms with Crippen LogP contribution < -0.4 is 15.6 Å². The molecule has 4 rings (SSSR count). The van der Waals surface area contributed by atoms with E-state index in [0.717, 1.165) is 42.3 Å². The smallest absolute Gasteiger partial charge is 0.322 e. The molecule has 6 heteroatoms. The lowest BCUT2D eigenvalue weighted by Gasteiger charge is -2.34. The molecule has 1 heterocycles. The van der Waals surface area contributed by atoms with Gasteiger partial charge in [0, 0.05) is 23.4 Å². The summed E-state index contributed by atoms with van der Waals surface area (Å²) in [6, 6.07) is 16.9. The van der Waals surface area contributed by atoms with Crippen LogP contribution in [0.1, 0.15) is 37.7 Å². The van der Waals surface area contributed by atoms with Crippen molar-refractivity contribution < 1.29 is 9.53 Å². The highest BCUT2D eigenvalue weighted by Crippen LogP contribution is 2.25. The number of pyridine rings is 1. The summed E-state index contributed by atoms with van der Waals surface area (Å²) in [6.07, 6.45) is 5.33. The molecule has 30 heavy (non-hydrogen) atoms. The van der Waals surface area contributed by atoms with Crippen molar-refractivity contribution in [3.63, 3.8) is 0 Å². The van der Waals surface area contributed by atoms with Crippen LogP contribution in [0.5, 0.6) is 5.75 Å². The van der Waals surface area contributed by atoms with Crippen LogP contribution in [0.25, 0.3) is 10.9 Å². The predicted molar refractivity (Wildman–Crippen MR) is 119 cm³/mol. The Kier molecular flexibility index (Phi) is 6.02. The molecule has 1 aliphatic rings. The molecule has 0 atom stereocenters. The molecule has 1 fully saturated rings. The third-order valence-electron chi connectivity index (χ3n) is 5.77. The molecule has 1 saturated carbocycles. The molecule has 2 aromatic carbocycles. The van der Waals surface area contributed by atoms with Gasteiger partial charge in [0.1, 0.15) is 5.75 Å². The summed E-state index contributed by atoms with van der Waals surface area (Å²) in [5.41, 5.74) is 1.88. The Morgan fingerprint density at radius 1 is 1.10 bits per heavy atom. The second kappa shape index (κ2) is 9.03. The number of anilines is 1. The summed E-state index contributed by atoms with van der Waals surface area (Å²) in [5.74, 6) is 0.692. The van der Waals surface area contributed by atoms with Gasteiger partial charge >= 0.3 is 6.03 Å². The molecule has 0 saturated heterocycles. The fourth-order valence-corrected chi connectivity index (χ4v) is 4.13. The summed E-state index contributed by atoms with van der Waals surface area (Å²) in [6.45, 7) is 0.278. The zero-order chi connectivity index (χ0) is 20.9. The minimum atomic E-state index is -0.177. The normalized spacial score (nSPS) is 14.4. The van der Waals surface area contributed by atoms with Crippen LogP contribution in [0.15, 0.2) is 59.4 Å². The largest absolute Gasteiger partial charge is 0.497 e. The number of aromatic nitrogens is 1. The number of urea groups is 1. The number of nitrogens with one attached hydrogen (secondary N) is 2. The van der Waals surface area contributed by atoms with Gasteiger partial charge in [0.05, 0.1) is 19.2 Å². The standard InChI is InChI=1S/C24H27N3O3/c1-30-21-13-12-17-14-18(23(28)26-22(17)15-21)16-27(20-10-6-3-7-11-20)24(29)25-19-8-4-2-5-9-19/h2,4-5,8-9,12-15,20H,3,6-7,10-11,16H2,1H3,(H,25,29)(H,26,28). The average Bonchev–Trinajstić information content (AvgIpc) is 2.78. The number of methoxy groups -OCH3 is 1. The zero-order valence-electron chi connectivity index (χ0n) is 17.2. The van der Waals surface area contributed by atoms with E-state index in [1.54, 1.807) is 7.11 Å². The number of nitrogens with zero attached hydrogens (tertiary/aromatic N) is 1. The molecule has 0 spiro atoms. The van der Waals surface area contributed by atoms with Crippen LogP contribution in [0, 0.1) is 0 Å². The first kappa shape index (κ1) is 20.0. The number of H-pyrrole nitrogens is 1. The van der Waals surface area contributed by atoms with Crippen LogP contribution in [-0.4, -0.2) is 29.1 Å². The molecule has 2 amide bonds. The molecule has 156 valence electrons. The van der Waals surface area contributed by atoms with Crippen LogP contribution >= 0.6 is 0 Å². The summed E-state index contributed by atoms with van der Waals surface area (Å²) in [5, 5.41) is 3.90. The number of carbonyl (C=O) groups excluding carboxylic acids is 1. The monoisotopic (exact) mass is 405 g/mol. The molecule has 0 unspecified atom stereocenters. The Morgan fingerprint density at radius 3 is 2.60 bits per heavy atom. The zero-order valence-corrected chi connectivity index (χ0v) is 17.2. The van der Waals surface area contributed by atoms with Crippen molar-refractivity contribution in [1.29, 1.82) is 0 Å². The number of fused-ring (bicyclic) bond motifs is 1. The van der Waals surface area contributed by atoms with Gasteiger partial charge in [-0.05, 0) is 48.6 Å². The second-order valence-corrected chi connectivity index (χ2v) is 7.79. The van der Waals surface area contributed by atoms with Crippen molar-refractivity contribution in [2.45, 2.75) is 44.7 Å². The third kappa shape index (κ3) is 4.48. The topological polar surface area (TPSA) is 74.4 Å². The summed E-state index contributed by atoms with van der Waals surface area (Å²) in [4.78, 5) is 30.7. The number of hydrogen-bond donors (Lipinski definition) is 2. The maximum atomic E-state index is 13.2. The van der Waals surface area contributed by atoms with Crippen LogP contribution in [-0.2, 0) is 6.54 Å². The van der Waals surface area contributed by atoms with E-state index in [1.807, 2.05) is 59.5 Å². The number of rotatable bonds is 5. The number of para-hydroxylation sites is 1. The Hall–Kier alpha value is -3.28. The fraction of sp³-hybridized carbons (Fsp3) is 0.333. The summed E-state index contributed by atoms with van der Waals surface area (Å²) >= 11 is 0. The number of aromatic amines is 1. The van der Waals surface area contributed by atoms with Crippen molar-refractivity contribution in [2.75, 3.05) is 12.4 Å². The van der Waals surface area contributed by atoms with Gasteiger partial charge in [-0.1, -0.05) is 37.5 Å². The van der Waals surface area contributed by atoms with Gasteiger partial charge in [-0.2, -0.15) is 0 Å². The molecule has 2 N–H and O–H groups in total. The minimum Gasteiger partial charge on any atom is -0.497 e. The summed E-state index contributed by atoms with van der Waals surface area (Å²) in [7, 11) is 1.60. The number of carbonyl (C=O) groups is 1. The molecule has 0 aliphatic heterocycles. The Labute approximate surface area is 175 Å². The SMILES string of the molecule is COc1ccc2cc(CN(C(=O)Nc3ccccc3)C3CCCCC3)c(=O)[nH]c2c1. The highest BCUT2D eigenvalue weighted by atomic mass is 16.5. The maximum Gasteiger partial charge on any atom is 0.322 e. The van der Waals surface area contributed by atoms with Crippen molar-refractivity contribution in [2.24, 2.45) is 0 Å². The van der Waals surface area contributed by atoms with Gasteiger partial charge in [0.25, 0.3) is 5.56 Å². The van der Waals surface area contributed by atoms with Crippen molar-refractivity contribution >= 4 is 22.6 Å². The van der Waals surface area contributed by atoms with E-state index in [0.29, 0.717) is 11.3 Å². The Morgan fingerprint density at radius 2 is 1.87 bits per heavy atom. The molecular formula is C24H27N3O3. The number of amides is 2. The van der Waals surface area contributed by atoms with Crippen molar-refractivity contribution in [1.82, 2.24) is 9.88 Å². The minimum absolute atomic E-state index is 0.133. The van der Waals surface area contributed by atoms with Gasteiger partial charge in [-0.3, -0.25) is 4.79 Å². The molecule has 0 radical (unpaired) electrons.